The van der Waals surface area contributed by atoms with Crippen LogP contribution >= 0.6 is 24.0 Å². The summed E-state index contributed by atoms with van der Waals surface area (Å²) in [5.74, 6) is 3.40. The smallest absolute Gasteiger partial charge is 0.192 e. The Hall–Kier alpha value is -0.480. The van der Waals surface area contributed by atoms with E-state index >= 15 is 0 Å². The molecular weight excluding hydrogens is 375 g/mol. The Morgan fingerprint density at radius 1 is 1.33 bits per heavy atom. The molecule has 1 rings (SSSR count). The molecule has 4 nitrogen and oxygen atoms in total. The molecule has 0 amide bonds. The summed E-state index contributed by atoms with van der Waals surface area (Å²) in [4.78, 5) is 7.15. The van der Waals surface area contributed by atoms with Crippen molar-refractivity contribution in [1.82, 2.24) is 15.5 Å². The maximum atomic E-state index is 5.24. The van der Waals surface area contributed by atoms with Gasteiger partial charge >= 0.3 is 0 Å². The van der Waals surface area contributed by atoms with Crippen LogP contribution < -0.4 is 10.6 Å². The minimum absolute atomic E-state index is 0. The fourth-order valence-corrected chi connectivity index (χ4v) is 2.58. The number of nitrogens with one attached hydrogen (secondary N) is 2. The van der Waals surface area contributed by atoms with Gasteiger partial charge in [-0.05, 0) is 52.6 Å². The van der Waals surface area contributed by atoms with Crippen LogP contribution in [0.25, 0.3) is 0 Å². The number of aliphatic imine (C=N–C) groups is 1. The van der Waals surface area contributed by atoms with Crippen LogP contribution in [0.1, 0.15) is 46.0 Å². The Kier molecular flexibility index (Phi) is 12.9. The average Bonchev–Trinajstić information content (AvgIpc) is 2.46. The maximum absolute atomic E-state index is 5.24. The quantitative estimate of drug-likeness (QED) is 0.224. The van der Waals surface area contributed by atoms with Crippen molar-refractivity contribution in [2.75, 3.05) is 32.7 Å². The molecule has 1 saturated heterocycles. The van der Waals surface area contributed by atoms with Gasteiger partial charge in [0.15, 0.2) is 5.96 Å². The average molecular weight is 406 g/mol. The van der Waals surface area contributed by atoms with Crippen LogP contribution in [0.15, 0.2) is 4.99 Å². The molecule has 0 radical (unpaired) electrons. The van der Waals surface area contributed by atoms with Gasteiger partial charge in [0.05, 0.1) is 6.54 Å². The summed E-state index contributed by atoms with van der Waals surface area (Å²) in [7, 11) is 0. The monoisotopic (exact) mass is 406 g/mol. The molecule has 122 valence electrons. The van der Waals surface area contributed by atoms with Gasteiger partial charge in [-0.15, -0.1) is 30.4 Å². The summed E-state index contributed by atoms with van der Waals surface area (Å²) >= 11 is 0. The first-order valence-corrected chi connectivity index (χ1v) is 7.97. The van der Waals surface area contributed by atoms with Crippen molar-refractivity contribution in [3.05, 3.63) is 0 Å². The molecule has 2 N–H and O–H groups in total. The van der Waals surface area contributed by atoms with Crippen molar-refractivity contribution >= 4 is 29.9 Å². The van der Waals surface area contributed by atoms with E-state index in [4.69, 9.17) is 6.42 Å². The molecule has 5 heteroatoms. The molecule has 0 spiro atoms. The summed E-state index contributed by atoms with van der Waals surface area (Å²) in [6.07, 6.45) is 11.7. The Labute approximate surface area is 147 Å². The highest BCUT2D eigenvalue weighted by molar-refractivity contribution is 14.0. The largest absolute Gasteiger partial charge is 0.357 e. The highest BCUT2D eigenvalue weighted by Crippen LogP contribution is 2.16. The van der Waals surface area contributed by atoms with Gasteiger partial charge in [-0.2, -0.15) is 0 Å². The number of hydrogen-bond acceptors (Lipinski definition) is 2. The Balaban J connectivity index is 0.00000400. The number of nitrogens with zero attached hydrogens (tertiary/aromatic N) is 2. The van der Waals surface area contributed by atoms with Crippen molar-refractivity contribution in [3.63, 3.8) is 0 Å². The van der Waals surface area contributed by atoms with E-state index in [2.05, 4.69) is 40.3 Å². The molecule has 0 aromatic heterocycles. The third kappa shape index (κ3) is 9.20. The molecule has 1 aliphatic rings. The van der Waals surface area contributed by atoms with Gasteiger partial charge < -0.3 is 15.5 Å². The minimum Gasteiger partial charge on any atom is -0.357 e. The number of piperidine rings is 1. The van der Waals surface area contributed by atoms with Crippen LogP contribution in [0.3, 0.4) is 0 Å². The zero-order chi connectivity index (χ0) is 14.6. The molecule has 1 unspecified atom stereocenters. The lowest BCUT2D eigenvalue weighted by Crippen LogP contribution is -2.38. The second kappa shape index (κ2) is 13.2. The zero-order valence-corrected chi connectivity index (χ0v) is 15.9. The number of likely N-dealkylation sites (tertiary alicyclic amines) is 1. The zero-order valence-electron chi connectivity index (χ0n) is 13.5. The lowest BCUT2D eigenvalue weighted by molar-refractivity contribution is 0.158. The molecule has 21 heavy (non-hydrogen) atoms. The van der Waals surface area contributed by atoms with E-state index in [9.17, 15) is 0 Å². The third-order valence-corrected chi connectivity index (χ3v) is 3.77. The van der Waals surface area contributed by atoms with Crippen LogP contribution in [-0.2, 0) is 0 Å². The predicted octanol–water partition coefficient (Wildman–Crippen LogP) is 2.45. The molecule has 1 heterocycles. The van der Waals surface area contributed by atoms with Gasteiger partial charge in [0.2, 0.25) is 0 Å². The van der Waals surface area contributed by atoms with Gasteiger partial charge in [0.25, 0.3) is 0 Å². The van der Waals surface area contributed by atoms with Crippen LogP contribution in [0.5, 0.6) is 0 Å². The highest BCUT2D eigenvalue weighted by Gasteiger charge is 2.16. The van der Waals surface area contributed by atoms with Gasteiger partial charge in [-0.1, -0.05) is 12.3 Å². The van der Waals surface area contributed by atoms with Gasteiger partial charge in [0.1, 0.15) is 0 Å². The van der Waals surface area contributed by atoms with Gasteiger partial charge in [-0.25, -0.2) is 0 Å². The van der Waals surface area contributed by atoms with Gasteiger partial charge in [0, 0.05) is 19.1 Å². The summed E-state index contributed by atoms with van der Waals surface area (Å²) < 4.78 is 0. The SMILES string of the molecule is C#CCNC(=NCCCCN1CCCCC1C)NCC.I. The molecule has 0 bridgehead atoms. The Morgan fingerprint density at radius 3 is 2.81 bits per heavy atom. The molecule has 1 fully saturated rings. The number of halogens is 1. The van der Waals surface area contributed by atoms with E-state index in [1.54, 1.807) is 0 Å². The second-order valence-corrected chi connectivity index (χ2v) is 5.41. The Morgan fingerprint density at radius 2 is 2.14 bits per heavy atom. The van der Waals surface area contributed by atoms with Crippen LogP contribution in [0, 0.1) is 12.3 Å². The molecule has 0 aromatic rings. The van der Waals surface area contributed by atoms with Gasteiger partial charge in [-0.3, -0.25) is 4.99 Å². The van der Waals surface area contributed by atoms with E-state index in [0.717, 1.165) is 31.5 Å². The molecular formula is C16H31IN4. The number of guanidine groups is 1. The van der Waals surface area contributed by atoms with Crippen molar-refractivity contribution < 1.29 is 0 Å². The molecule has 0 aliphatic carbocycles. The van der Waals surface area contributed by atoms with Crippen molar-refractivity contribution in [2.24, 2.45) is 4.99 Å². The van der Waals surface area contributed by atoms with Crippen molar-refractivity contribution in [2.45, 2.75) is 52.0 Å². The van der Waals surface area contributed by atoms with E-state index in [1.807, 2.05) is 0 Å². The topological polar surface area (TPSA) is 39.7 Å². The fourth-order valence-electron chi connectivity index (χ4n) is 2.58. The van der Waals surface area contributed by atoms with Crippen LogP contribution in [0.4, 0.5) is 0 Å². The standard InChI is InChI=1S/C16H30N4.HI/c1-4-11-18-16(17-5-2)19-12-7-9-14-20-13-8-6-10-15(20)3;/h1,15H,5-14H2,2-3H3,(H2,17,18,19);1H. The summed E-state index contributed by atoms with van der Waals surface area (Å²) in [5, 5.41) is 6.31. The first kappa shape index (κ1) is 20.5. The first-order valence-electron chi connectivity index (χ1n) is 7.97. The number of terminal acetylenes is 1. The van der Waals surface area contributed by atoms with E-state index in [-0.39, 0.29) is 24.0 Å². The summed E-state index contributed by atoms with van der Waals surface area (Å²) in [6, 6.07) is 0.766. The van der Waals surface area contributed by atoms with Crippen molar-refractivity contribution in [3.8, 4) is 12.3 Å². The normalized spacial score (nSPS) is 19.5. The lowest BCUT2D eigenvalue weighted by atomic mass is 10.0. The van der Waals surface area contributed by atoms with E-state index < -0.39 is 0 Å². The summed E-state index contributed by atoms with van der Waals surface area (Å²) in [5.41, 5.74) is 0. The number of unbranched alkanes of at least 4 members (excludes halogenated alkanes) is 1. The molecule has 0 saturated carbocycles. The molecule has 1 atom stereocenters. The molecule has 0 aromatic carbocycles. The number of hydrogen-bond donors (Lipinski definition) is 2. The maximum Gasteiger partial charge on any atom is 0.192 e. The molecule has 1 aliphatic heterocycles. The lowest BCUT2D eigenvalue weighted by Gasteiger charge is -2.33. The second-order valence-electron chi connectivity index (χ2n) is 5.41. The summed E-state index contributed by atoms with van der Waals surface area (Å²) in [6.45, 7) is 9.15. The fraction of sp³-hybridized carbons (Fsp3) is 0.812. The predicted molar refractivity (Wildman–Crippen MR) is 102 cm³/mol. The van der Waals surface area contributed by atoms with Crippen LogP contribution in [0.2, 0.25) is 0 Å². The van der Waals surface area contributed by atoms with Crippen LogP contribution in [-0.4, -0.2) is 49.6 Å². The van der Waals surface area contributed by atoms with Crippen molar-refractivity contribution in [1.29, 1.82) is 0 Å². The van der Waals surface area contributed by atoms with E-state index in [0.29, 0.717) is 6.54 Å². The third-order valence-electron chi connectivity index (χ3n) is 3.77. The Bertz CT molecular complexity index is 325. The highest BCUT2D eigenvalue weighted by atomic mass is 127. The number of rotatable bonds is 7. The van der Waals surface area contributed by atoms with E-state index in [1.165, 1.54) is 38.8 Å². The minimum atomic E-state index is 0. The first-order chi connectivity index (χ1) is 9.77.